The van der Waals surface area contributed by atoms with Gasteiger partial charge in [-0.2, -0.15) is 0 Å². The van der Waals surface area contributed by atoms with Gasteiger partial charge in [0.2, 0.25) is 0 Å². The van der Waals surface area contributed by atoms with Gasteiger partial charge in [0.1, 0.15) is 17.3 Å². The van der Waals surface area contributed by atoms with Crippen molar-refractivity contribution in [1.82, 2.24) is 14.9 Å². The number of aromatic nitrogens is 2. The molecule has 5 nitrogen and oxygen atoms in total. The Morgan fingerprint density at radius 1 is 1.11 bits per heavy atom. The molecule has 0 unspecified atom stereocenters. The molecule has 3 rings (SSSR count). The molecule has 1 amide bonds. The third-order valence-corrected chi connectivity index (χ3v) is 4.26. The molecule has 2 aromatic carbocycles. The highest BCUT2D eigenvalue weighted by Crippen LogP contribution is 2.13. The quantitative estimate of drug-likeness (QED) is 0.450. The molecule has 27 heavy (non-hydrogen) atoms. The van der Waals surface area contributed by atoms with Crippen LogP contribution >= 0.6 is 12.2 Å². The number of amides is 1. The Kier molecular flexibility index (Phi) is 6.38. The van der Waals surface area contributed by atoms with Gasteiger partial charge in [-0.1, -0.05) is 18.2 Å². The Labute approximate surface area is 161 Å². The lowest BCUT2D eigenvalue weighted by Gasteiger charge is -2.09. The maximum absolute atomic E-state index is 12.8. The second-order valence-corrected chi connectivity index (χ2v) is 6.30. The summed E-state index contributed by atoms with van der Waals surface area (Å²) in [5.41, 5.74) is 1.30. The van der Waals surface area contributed by atoms with E-state index in [2.05, 4.69) is 10.3 Å². The van der Waals surface area contributed by atoms with Crippen LogP contribution in [0.4, 0.5) is 4.39 Å². The van der Waals surface area contributed by atoms with E-state index in [4.69, 9.17) is 17.0 Å². The largest absolute Gasteiger partial charge is 0.494 e. The average molecular weight is 385 g/mol. The van der Waals surface area contributed by atoms with Crippen LogP contribution in [0.5, 0.6) is 5.75 Å². The van der Waals surface area contributed by atoms with Gasteiger partial charge in [-0.3, -0.25) is 9.36 Å². The fourth-order valence-electron chi connectivity index (χ4n) is 2.61. The van der Waals surface area contributed by atoms with Crippen molar-refractivity contribution in [3.05, 3.63) is 77.1 Å². The van der Waals surface area contributed by atoms with E-state index in [0.29, 0.717) is 29.4 Å². The van der Waals surface area contributed by atoms with Gasteiger partial charge in [-0.15, -0.1) is 0 Å². The number of aromatic amines is 1. The molecule has 0 saturated heterocycles. The number of H-pyrrole nitrogens is 1. The standard InChI is InChI=1S/C20H20FN3O2S/c21-15-8-10-17(11-9-15)26-13-5-4-12-22-19(25)18-14-23-20(27)24(18)16-6-2-1-3-7-16/h1-3,6-11,14H,4-5,12-13H2,(H,22,25)(H,23,27). The number of nitrogens with one attached hydrogen (secondary N) is 2. The zero-order chi connectivity index (χ0) is 19.1. The molecule has 0 saturated carbocycles. The van der Waals surface area contributed by atoms with Gasteiger partial charge in [0.05, 0.1) is 6.61 Å². The van der Waals surface area contributed by atoms with E-state index in [1.165, 1.54) is 12.1 Å². The Morgan fingerprint density at radius 3 is 2.59 bits per heavy atom. The maximum atomic E-state index is 12.8. The minimum Gasteiger partial charge on any atom is -0.494 e. The van der Waals surface area contributed by atoms with E-state index in [9.17, 15) is 9.18 Å². The lowest BCUT2D eigenvalue weighted by Crippen LogP contribution is -2.26. The number of hydrogen-bond acceptors (Lipinski definition) is 3. The van der Waals surface area contributed by atoms with Crippen molar-refractivity contribution >= 4 is 18.1 Å². The molecule has 0 fully saturated rings. The second kappa shape index (κ2) is 9.14. The van der Waals surface area contributed by atoms with Crippen molar-refractivity contribution in [1.29, 1.82) is 0 Å². The predicted octanol–water partition coefficient (Wildman–Crippen LogP) is 4.26. The first-order valence-corrected chi connectivity index (χ1v) is 9.08. The van der Waals surface area contributed by atoms with Gasteiger partial charge in [0, 0.05) is 18.4 Å². The molecule has 0 aliphatic carbocycles. The van der Waals surface area contributed by atoms with Crippen molar-refractivity contribution in [2.45, 2.75) is 12.8 Å². The Hall–Kier alpha value is -2.93. The summed E-state index contributed by atoms with van der Waals surface area (Å²) in [4.78, 5) is 15.4. The van der Waals surface area contributed by atoms with Crippen molar-refractivity contribution in [3.8, 4) is 11.4 Å². The summed E-state index contributed by atoms with van der Waals surface area (Å²) < 4.78 is 20.5. The van der Waals surface area contributed by atoms with Crippen LogP contribution in [0.25, 0.3) is 5.69 Å². The number of rotatable bonds is 8. The van der Waals surface area contributed by atoms with Crippen LogP contribution in [0, 0.1) is 10.6 Å². The van der Waals surface area contributed by atoms with Gasteiger partial charge in [-0.05, 0) is 61.5 Å². The predicted molar refractivity (Wildman–Crippen MR) is 104 cm³/mol. The summed E-state index contributed by atoms with van der Waals surface area (Å²) in [6, 6.07) is 15.4. The number of para-hydroxylation sites is 1. The number of halogens is 1. The molecule has 1 aromatic heterocycles. The van der Waals surface area contributed by atoms with E-state index in [-0.39, 0.29) is 11.7 Å². The number of carbonyl (C=O) groups excluding carboxylic acids is 1. The van der Waals surface area contributed by atoms with Gasteiger partial charge in [0.15, 0.2) is 4.77 Å². The molecule has 0 bridgehead atoms. The molecule has 140 valence electrons. The minimum absolute atomic E-state index is 0.189. The highest BCUT2D eigenvalue weighted by molar-refractivity contribution is 7.71. The number of imidazole rings is 1. The average Bonchev–Trinajstić information content (AvgIpc) is 3.08. The number of ether oxygens (including phenoxy) is 1. The fourth-order valence-corrected chi connectivity index (χ4v) is 2.87. The first kappa shape index (κ1) is 18.8. The summed E-state index contributed by atoms with van der Waals surface area (Å²) in [6.45, 7) is 1.03. The monoisotopic (exact) mass is 385 g/mol. The first-order chi connectivity index (χ1) is 13.1. The van der Waals surface area contributed by atoms with Crippen LogP contribution in [-0.2, 0) is 0 Å². The highest BCUT2D eigenvalue weighted by Gasteiger charge is 2.13. The van der Waals surface area contributed by atoms with Gasteiger partial charge in [-0.25, -0.2) is 4.39 Å². The first-order valence-electron chi connectivity index (χ1n) is 8.67. The molecule has 0 aliphatic heterocycles. The van der Waals surface area contributed by atoms with Gasteiger partial charge < -0.3 is 15.0 Å². The normalized spacial score (nSPS) is 10.6. The van der Waals surface area contributed by atoms with E-state index in [1.807, 2.05) is 30.3 Å². The molecular weight excluding hydrogens is 365 g/mol. The molecular formula is C20H20FN3O2S. The zero-order valence-electron chi connectivity index (χ0n) is 14.7. The summed E-state index contributed by atoms with van der Waals surface area (Å²) in [5, 5.41) is 2.90. The molecule has 0 aliphatic rings. The smallest absolute Gasteiger partial charge is 0.269 e. The number of nitrogens with zero attached hydrogens (tertiary/aromatic N) is 1. The van der Waals surface area contributed by atoms with Crippen LogP contribution in [0.1, 0.15) is 23.3 Å². The summed E-state index contributed by atoms with van der Waals surface area (Å²) in [6.07, 6.45) is 3.15. The van der Waals surface area contributed by atoms with E-state index in [1.54, 1.807) is 22.9 Å². The van der Waals surface area contributed by atoms with Crippen LogP contribution in [0.15, 0.2) is 60.8 Å². The number of unbranched alkanes of at least 4 members (excludes halogenated alkanes) is 1. The molecule has 7 heteroatoms. The van der Waals surface area contributed by atoms with Crippen LogP contribution in [0.3, 0.4) is 0 Å². The van der Waals surface area contributed by atoms with Crippen molar-refractivity contribution in [3.63, 3.8) is 0 Å². The topological polar surface area (TPSA) is 59.0 Å². The third kappa shape index (κ3) is 5.04. The zero-order valence-corrected chi connectivity index (χ0v) is 15.5. The van der Waals surface area contributed by atoms with E-state index >= 15 is 0 Å². The Bertz CT molecular complexity index is 936. The van der Waals surface area contributed by atoms with Crippen molar-refractivity contribution in [2.75, 3.05) is 13.2 Å². The lowest BCUT2D eigenvalue weighted by molar-refractivity contribution is 0.0945. The SMILES string of the molecule is O=C(NCCCCOc1ccc(F)cc1)c1c[nH]c(=S)n1-c1ccccc1. The minimum atomic E-state index is -0.287. The maximum Gasteiger partial charge on any atom is 0.269 e. The summed E-state index contributed by atoms with van der Waals surface area (Å²) >= 11 is 5.29. The lowest BCUT2D eigenvalue weighted by atomic mass is 10.3. The number of carbonyl (C=O) groups is 1. The molecule has 0 atom stereocenters. The summed E-state index contributed by atoms with van der Waals surface area (Å²) in [7, 11) is 0. The fraction of sp³-hybridized carbons (Fsp3) is 0.200. The van der Waals surface area contributed by atoms with Gasteiger partial charge in [0.25, 0.3) is 5.91 Å². The summed E-state index contributed by atoms with van der Waals surface area (Å²) in [5.74, 6) is 0.157. The van der Waals surface area contributed by atoms with Crippen LogP contribution < -0.4 is 10.1 Å². The molecule has 0 spiro atoms. The Balaban J connectivity index is 1.46. The third-order valence-electron chi connectivity index (χ3n) is 3.96. The van der Waals surface area contributed by atoms with Crippen LogP contribution in [-0.4, -0.2) is 28.6 Å². The van der Waals surface area contributed by atoms with Crippen molar-refractivity contribution < 1.29 is 13.9 Å². The van der Waals surface area contributed by atoms with E-state index < -0.39 is 0 Å². The number of hydrogen-bond donors (Lipinski definition) is 2. The highest BCUT2D eigenvalue weighted by atomic mass is 32.1. The molecule has 0 radical (unpaired) electrons. The van der Waals surface area contributed by atoms with Gasteiger partial charge >= 0.3 is 0 Å². The second-order valence-electron chi connectivity index (χ2n) is 5.92. The van der Waals surface area contributed by atoms with Crippen molar-refractivity contribution in [2.24, 2.45) is 0 Å². The molecule has 2 N–H and O–H groups in total. The Morgan fingerprint density at radius 2 is 1.85 bits per heavy atom. The molecule has 3 aromatic rings. The molecule has 1 heterocycles. The van der Waals surface area contributed by atoms with E-state index in [0.717, 1.165) is 18.5 Å². The van der Waals surface area contributed by atoms with Crippen LogP contribution in [0.2, 0.25) is 0 Å². The number of benzene rings is 2.